The van der Waals surface area contributed by atoms with Crippen molar-refractivity contribution >= 4 is 45.0 Å². The molecule has 3 heterocycles. The largest absolute Gasteiger partial charge is 0.495 e. The van der Waals surface area contributed by atoms with Gasteiger partial charge in [0.05, 0.1) is 23.7 Å². The third-order valence-electron chi connectivity index (χ3n) is 5.40. The van der Waals surface area contributed by atoms with Crippen molar-refractivity contribution in [1.29, 1.82) is 0 Å². The van der Waals surface area contributed by atoms with Crippen molar-refractivity contribution in [3.05, 3.63) is 41.2 Å². The van der Waals surface area contributed by atoms with Crippen LogP contribution in [0.1, 0.15) is 32.8 Å². The van der Waals surface area contributed by atoms with Crippen LogP contribution in [-0.4, -0.2) is 38.6 Å². The maximum absolute atomic E-state index is 6.29. The molecule has 0 unspecified atom stereocenters. The summed E-state index contributed by atoms with van der Waals surface area (Å²) in [6, 6.07) is 5.72. The molecule has 0 fully saturated rings. The van der Waals surface area contributed by atoms with Gasteiger partial charge >= 0.3 is 0 Å². The van der Waals surface area contributed by atoms with E-state index in [0.29, 0.717) is 29.1 Å². The highest BCUT2D eigenvalue weighted by Gasteiger charge is 2.16. The number of benzene rings is 1. The van der Waals surface area contributed by atoms with Crippen LogP contribution in [0.15, 0.2) is 30.6 Å². The number of aryl methyl sites for hydroxylation is 1. The van der Waals surface area contributed by atoms with Crippen LogP contribution in [0.5, 0.6) is 5.75 Å². The van der Waals surface area contributed by atoms with E-state index in [9.17, 15) is 0 Å². The van der Waals surface area contributed by atoms with Crippen molar-refractivity contribution in [2.75, 3.05) is 24.3 Å². The first-order valence-electron chi connectivity index (χ1n) is 10.8. The number of ether oxygens (including phenoxy) is 1. The lowest BCUT2D eigenvalue weighted by Crippen LogP contribution is -2.10. The zero-order valence-corrected chi connectivity index (χ0v) is 19.6. The molecule has 4 aromatic rings. The Morgan fingerprint density at radius 1 is 1.09 bits per heavy atom. The molecule has 0 saturated heterocycles. The minimum Gasteiger partial charge on any atom is -0.495 e. The Morgan fingerprint density at radius 2 is 1.91 bits per heavy atom. The molecule has 3 aromatic heterocycles. The quantitative estimate of drug-likeness (QED) is 0.363. The van der Waals surface area contributed by atoms with Crippen molar-refractivity contribution in [1.82, 2.24) is 25.0 Å². The Labute approximate surface area is 192 Å². The van der Waals surface area contributed by atoms with Crippen LogP contribution in [0.25, 0.3) is 21.8 Å². The van der Waals surface area contributed by atoms with Crippen LogP contribution in [0.3, 0.4) is 0 Å². The van der Waals surface area contributed by atoms with E-state index in [1.807, 2.05) is 35.3 Å². The van der Waals surface area contributed by atoms with Crippen molar-refractivity contribution in [2.45, 2.75) is 40.3 Å². The second kappa shape index (κ2) is 9.56. The van der Waals surface area contributed by atoms with Gasteiger partial charge in [-0.05, 0) is 37.0 Å². The lowest BCUT2D eigenvalue weighted by atomic mass is 10.1. The maximum Gasteiger partial charge on any atom is 0.158 e. The average Bonchev–Trinajstić information content (AvgIpc) is 3.21. The van der Waals surface area contributed by atoms with Gasteiger partial charge in [-0.15, -0.1) is 10.2 Å². The summed E-state index contributed by atoms with van der Waals surface area (Å²) in [4.78, 5) is 4.67. The molecular weight excluding hydrogens is 426 g/mol. The summed E-state index contributed by atoms with van der Waals surface area (Å²) in [6.07, 6.45) is 4.75. The first kappa shape index (κ1) is 22.1. The van der Waals surface area contributed by atoms with Crippen LogP contribution in [0.2, 0.25) is 5.02 Å². The van der Waals surface area contributed by atoms with E-state index in [-0.39, 0.29) is 0 Å². The van der Waals surface area contributed by atoms with E-state index in [4.69, 9.17) is 16.3 Å². The van der Waals surface area contributed by atoms with Crippen LogP contribution in [-0.2, 0) is 13.1 Å². The number of nitrogens with zero attached hydrogens (tertiary/aromatic N) is 5. The molecule has 2 N–H and O–H groups in total. The third kappa shape index (κ3) is 4.41. The van der Waals surface area contributed by atoms with Gasteiger partial charge < -0.3 is 15.4 Å². The van der Waals surface area contributed by atoms with Crippen molar-refractivity contribution in [2.24, 2.45) is 5.92 Å². The highest BCUT2D eigenvalue weighted by Crippen LogP contribution is 2.32. The second-order valence-electron chi connectivity index (χ2n) is 8.07. The molecule has 0 saturated carbocycles. The Balaban J connectivity index is 1.72. The summed E-state index contributed by atoms with van der Waals surface area (Å²) in [6.45, 7) is 8.56. The minimum absolute atomic E-state index is 0.541. The SMILES string of the molecule is CCn1ncc2c3c(NCc4ccc(OC)c(Cl)c4)nnc(NCCC(C)C)c3cnc21. The Morgan fingerprint density at radius 3 is 2.62 bits per heavy atom. The Hall–Kier alpha value is -3.13. The highest BCUT2D eigenvalue weighted by molar-refractivity contribution is 6.32. The Kier molecular flexibility index (Phi) is 6.60. The van der Waals surface area contributed by atoms with Gasteiger partial charge in [0.1, 0.15) is 5.75 Å². The number of methoxy groups -OCH3 is 1. The van der Waals surface area contributed by atoms with Crippen molar-refractivity contribution in [3.63, 3.8) is 0 Å². The molecule has 0 bridgehead atoms. The summed E-state index contributed by atoms with van der Waals surface area (Å²) >= 11 is 6.29. The summed E-state index contributed by atoms with van der Waals surface area (Å²) in [5, 5.41) is 23.7. The molecule has 4 rings (SSSR count). The predicted octanol–water partition coefficient (Wildman–Crippen LogP) is 5.13. The molecule has 0 amide bonds. The fourth-order valence-electron chi connectivity index (χ4n) is 3.64. The third-order valence-corrected chi connectivity index (χ3v) is 5.69. The number of hydrogen-bond donors (Lipinski definition) is 2. The standard InChI is InChI=1S/C23H28ClN7O/c1-5-31-23-17(13-28-31)20-16(12-27-23)21(25-9-8-14(2)3)29-30-22(20)26-11-15-6-7-19(32-4)18(24)10-15/h6-7,10,12-14H,5,8-9,11H2,1-4H3,(H,25,29)(H,26,30). The monoisotopic (exact) mass is 453 g/mol. The normalized spacial score (nSPS) is 11.4. The van der Waals surface area contributed by atoms with E-state index in [1.165, 1.54) is 0 Å². The van der Waals surface area contributed by atoms with E-state index < -0.39 is 0 Å². The molecule has 0 aliphatic heterocycles. The number of fused-ring (bicyclic) bond motifs is 3. The molecule has 9 heteroatoms. The number of anilines is 2. The van der Waals surface area contributed by atoms with Gasteiger partial charge in [-0.25, -0.2) is 9.67 Å². The number of hydrogen-bond acceptors (Lipinski definition) is 7. The minimum atomic E-state index is 0.541. The van der Waals surface area contributed by atoms with Gasteiger partial charge in [-0.3, -0.25) is 0 Å². The molecule has 168 valence electrons. The topological polar surface area (TPSA) is 89.8 Å². The molecule has 0 aliphatic rings. The summed E-state index contributed by atoms with van der Waals surface area (Å²) < 4.78 is 7.13. The smallest absolute Gasteiger partial charge is 0.158 e. The lowest BCUT2D eigenvalue weighted by Gasteiger charge is -2.14. The molecular formula is C23H28ClN7O. The predicted molar refractivity (Wildman–Crippen MR) is 130 cm³/mol. The van der Waals surface area contributed by atoms with Gasteiger partial charge in [0.25, 0.3) is 0 Å². The van der Waals surface area contributed by atoms with Crippen LogP contribution >= 0.6 is 11.6 Å². The number of halogens is 1. The van der Waals surface area contributed by atoms with Gasteiger partial charge in [0.2, 0.25) is 0 Å². The molecule has 0 aliphatic carbocycles. The second-order valence-corrected chi connectivity index (χ2v) is 8.48. The van der Waals surface area contributed by atoms with Gasteiger partial charge in [-0.1, -0.05) is 31.5 Å². The first-order chi connectivity index (χ1) is 15.5. The zero-order chi connectivity index (χ0) is 22.7. The number of aromatic nitrogens is 5. The van der Waals surface area contributed by atoms with Crippen LogP contribution in [0.4, 0.5) is 11.6 Å². The summed E-state index contributed by atoms with van der Waals surface area (Å²) in [7, 11) is 1.60. The molecule has 0 radical (unpaired) electrons. The first-order valence-corrected chi connectivity index (χ1v) is 11.2. The zero-order valence-electron chi connectivity index (χ0n) is 18.8. The van der Waals surface area contributed by atoms with Gasteiger partial charge in [-0.2, -0.15) is 5.10 Å². The van der Waals surface area contributed by atoms with E-state index in [0.717, 1.165) is 52.7 Å². The molecule has 32 heavy (non-hydrogen) atoms. The van der Waals surface area contributed by atoms with Gasteiger partial charge in [0.15, 0.2) is 17.3 Å². The fraction of sp³-hybridized carbons (Fsp3) is 0.391. The van der Waals surface area contributed by atoms with Crippen LogP contribution in [0, 0.1) is 5.92 Å². The number of pyridine rings is 1. The number of nitrogens with one attached hydrogen (secondary N) is 2. The molecule has 0 atom stereocenters. The van der Waals surface area contributed by atoms with Crippen molar-refractivity contribution in [3.8, 4) is 5.75 Å². The van der Waals surface area contributed by atoms with E-state index in [2.05, 4.69) is 51.7 Å². The van der Waals surface area contributed by atoms with E-state index >= 15 is 0 Å². The summed E-state index contributed by atoms with van der Waals surface area (Å²) in [5.41, 5.74) is 1.84. The van der Waals surface area contributed by atoms with E-state index in [1.54, 1.807) is 7.11 Å². The highest BCUT2D eigenvalue weighted by atomic mass is 35.5. The van der Waals surface area contributed by atoms with Gasteiger partial charge in [0, 0.05) is 36.6 Å². The van der Waals surface area contributed by atoms with Crippen LogP contribution < -0.4 is 15.4 Å². The number of rotatable bonds is 9. The Bertz CT molecular complexity index is 1240. The maximum atomic E-state index is 6.29. The lowest BCUT2D eigenvalue weighted by molar-refractivity contribution is 0.415. The molecule has 0 spiro atoms. The van der Waals surface area contributed by atoms with Crippen molar-refractivity contribution < 1.29 is 4.74 Å². The summed E-state index contributed by atoms with van der Waals surface area (Å²) in [5.74, 6) is 2.67. The fourth-order valence-corrected chi connectivity index (χ4v) is 3.92. The molecule has 8 nitrogen and oxygen atoms in total. The molecule has 1 aromatic carbocycles. The average molecular weight is 454 g/mol.